The maximum atomic E-state index is 12.8. The zero-order valence-electron chi connectivity index (χ0n) is 17.6. The Balaban J connectivity index is 1.29. The fourth-order valence-electron chi connectivity index (χ4n) is 4.32. The maximum absolute atomic E-state index is 12.8. The zero-order valence-corrected chi connectivity index (χ0v) is 17.6. The highest BCUT2D eigenvalue weighted by Gasteiger charge is 2.37. The number of carbonyl (C=O) groups is 3. The smallest absolute Gasteiger partial charge is 0.258 e. The van der Waals surface area contributed by atoms with Gasteiger partial charge < -0.3 is 30.7 Å². The Morgan fingerprint density at radius 1 is 1.18 bits per heavy atom. The van der Waals surface area contributed by atoms with Crippen molar-refractivity contribution in [2.45, 2.75) is 25.2 Å². The number of piperidine rings is 1. The molecule has 0 spiro atoms. The number of nitrogens with two attached hydrogens (primary N) is 1. The molecule has 1 aromatic heterocycles. The largest absolute Gasteiger partial charge is 0.454 e. The Morgan fingerprint density at radius 2 is 1.94 bits per heavy atom. The molecule has 12 heteroatoms. The molecular weight excluding hydrogens is 432 g/mol. The predicted octanol–water partition coefficient (Wildman–Crippen LogP) is 0.265. The van der Waals surface area contributed by atoms with E-state index in [-0.39, 0.29) is 36.4 Å². The summed E-state index contributed by atoms with van der Waals surface area (Å²) in [5.41, 5.74) is 5.51. The number of hydrogen-bond donors (Lipinski definition) is 4. The number of hydrogen-bond acceptors (Lipinski definition) is 8. The topological polar surface area (TPSA) is 169 Å². The molecule has 5 N–H and O–H groups in total. The van der Waals surface area contributed by atoms with Crippen LogP contribution >= 0.6 is 0 Å². The molecule has 3 aliphatic heterocycles. The van der Waals surface area contributed by atoms with Gasteiger partial charge in [0.1, 0.15) is 5.82 Å². The minimum absolute atomic E-state index is 0.118. The predicted molar refractivity (Wildman–Crippen MR) is 116 cm³/mol. The first kappa shape index (κ1) is 20.8. The van der Waals surface area contributed by atoms with Crippen molar-refractivity contribution >= 4 is 35.2 Å². The number of rotatable bonds is 5. The van der Waals surface area contributed by atoms with E-state index in [1.165, 1.54) is 0 Å². The summed E-state index contributed by atoms with van der Waals surface area (Å²) in [7, 11) is 0. The SMILES string of the molecule is NC(=O)C1CCN(c2nc3c(c(=O)[nH]2)C(CC(=O)Nc2ccc4c(c2)OCO4)C(=O)N3)CC1. The molecule has 1 unspecified atom stereocenters. The fourth-order valence-corrected chi connectivity index (χ4v) is 4.32. The van der Waals surface area contributed by atoms with Crippen molar-refractivity contribution in [3.63, 3.8) is 0 Å². The summed E-state index contributed by atoms with van der Waals surface area (Å²) < 4.78 is 10.5. The highest BCUT2D eigenvalue weighted by molar-refractivity contribution is 6.05. The summed E-state index contributed by atoms with van der Waals surface area (Å²) in [4.78, 5) is 58.3. The van der Waals surface area contributed by atoms with Crippen LogP contribution in [0.1, 0.15) is 30.7 Å². The summed E-state index contributed by atoms with van der Waals surface area (Å²) in [6, 6.07) is 4.97. The Labute approximate surface area is 187 Å². The molecule has 0 radical (unpaired) electrons. The van der Waals surface area contributed by atoms with Crippen LogP contribution in [-0.4, -0.2) is 47.6 Å². The Hall–Kier alpha value is -4.09. The number of H-pyrrole nitrogens is 1. The molecule has 1 fully saturated rings. The third-order valence-electron chi connectivity index (χ3n) is 6.09. The minimum Gasteiger partial charge on any atom is -0.454 e. The van der Waals surface area contributed by atoms with E-state index in [0.717, 1.165) is 0 Å². The lowest BCUT2D eigenvalue weighted by atomic mass is 9.96. The minimum atomic E-state index is -0.958. The van der Waals surface area contributed by atoms with Gasteiger partial charge in [0.25, 0.3) is 5.56 Å². The van der Waals surface area contributed by atoms with E-state index in [1.54, 1.807) is 18.2 Å². The number of carbonyl (C=O) groups excluding carboxylic acids is 3. The normalized spacial score (nSPS) is 19.2. The Kier molecular flexibility index (Phi) is 5.11. The van der Waals surface area contributed by atoms with Gasteiger partial charge >= 0.3 is 0 Å². The monoisotopic (exact) mass is 454 g/mol. The number of anilines is 3. The molecule has 0 bridgehead atoms. The second-order valence-corrected chi connectivity index (χ2v) is 8.18. The summed E-state index contributed by atoms with van der Waals surface area (Å²) in [5, 5.41) is 5.32. The average molecular weight is 454 g/mol. The summed E-state index contributed by atoms with van der Waals surface area (Å²) in [6.45, 7) is 1.13. The zero-order chi connectivity index (χ0) is 23.1. The number of nitrogens with one attached hydrogen (secondary N) is 3. The van der Waals surface area contributed by atoms with Gasteiger partial charge in [-0.05, 0) is 25.0 Å². The van der Waals surface area contributed by atoms with Crippen LogP contribution < -0.4 is 36.3 Å². The molecule has 1 saturated heterocycles. The van der Waals surface area contributed by atoms with Gasteiger partial charge in [-0.25, -0.2) is 0 Å². The summed E-state index contributed by atoms with van der Waals surface area (Å²) in [6.07, 6.45) is 0.900. The van der Waals surface area contributed by atoms with Crippen molar-refractivity contribution < 1.29 is 23.9 Å². The molecule has 172 valence electrons. The van der Waals surface area contributed by atoms with Gasteiger partial charge in [-0.1, -0.05) is 0 Å². The van der Waals surface area contributed by atoms with Crippen LogP contribution in [0.5, 0.6) is 11.5 Å². The van der Waals surface area contributed by atoms with Gasteiger partial charge in [0.15, 0.2) is 11.5 Å². The molecule has 2 aromatic rings. The van der Waals surface area contributed by atoms with E-state index in [1.807, 2.05) is 4.90 Å². The van der Waals surface area contributed by atoms with Crippen LogP contribution in [0, 0.1) is 5.92 Å². The molecule has 0 saturated carbocycles. The van der Waals surface area contributed by atoms with Crippen molar-refractivity contribution in [3.05, 3.63) is 34.1 Å². The number of aromatic amines is 1. The molecule has 12 nitrogen and oxygen atoms in total. The summed E-state index contributed by atoms with van der Waals surface area (Å²) >= 11 is 0. The molecule has 3 amide bonds. The number of fused-ring (bicyclic) bond motifs is 2. The van der Waals surface area contributed by atoms with E-state index in [9.17, 15) is 19.2 Å². The van der Waals surface area contributed by atoms with Crippen LogP contribution in [0.4, 0.5) is 17.5 Å². The van der Waals surface area contributed by atoms with E-state index >= 15 is 0 Å². The van der Waals surface area contributed by atoms with Crippen molar-refractivity contribution in [2.24, 2.45) is 11.7 Å². The van der Waals surface area contributed by atoms with Crippen LogP contribution in [0.25, 0.3) is 0 Å². The van der Waals surface area contributed by atoms with Gasteiger partial charge in [0.05, 0.1) is 11.5 Å². The first-order chi connectivity index (χ1) is 15.9. The molecule has 5 rings (SSSR count). The van der Waals surface area contributed by atoms with Crippen LogP contribution in [0.2, 0.25) is 0 Å². The second-order valence-electron chi connectivity index (χ2n) is 8.18. The highest BCUT2D eigenvalue weighted by atomic mass is 16.7. The van der Waals surface area contributed by atoms with Gasteiger partial charge in [0.2, 0.25) is 30.5 Å². The third kappa shape index (κ3) is 3.95. The molecule has 1 atom stereocenters. The van der Waals surface area contributed by atoms with Crippen molar-refractivity contribution in [3.8, 4) is 11.5 Å². The number of aromatic nitrogens is 2. The standard InChI is InChI=1S/C21H22N6O6/c22-17(29)10-3-5-27(6-4-10)21-25-18-16(20(31)26-21)12(19(30)24-18)8-15(28)23-11-1-2-13-14(7-11)33-9-32-13/h1-2,7,10,12H,3-6,8-9H2,(H2,22,29)(H,23,28)(H2,24,25,26,30,31). The van der Waals surface area contributed by atoms with Gasteiger partial charge in [0, 0.05) is 37.2 Å². The van der Waals surface area contributed by atoms with Gasteiger partial charge in [-0.3, -0.25) is 24.2 Å². The van der Waals surface area contributed by atoms with Crippen LogP contribution in [0.15, 0.2) is 23.0 Å². The highest BCUT2D eigenvalue weighted by Crippen LogP contribution is 2.35. The van der Waals surface area contributed by atoms with E-state index in [0.29, 0.717) is 49.1 Å². The lowest BCUT2D eigenvalue weighted by Gasteiger charge is -2.30. The lowest BCUT2D eigenvalue weighted by molar-refractivity contribution is -0.122. The second kappa shape index (κ2) is 8.11. The van der Waals surface area contributed by atoms with E-state index in [4.69, 9.17) is 15.2 Å². The van der Waals surface area contributed by atoms with Crippen molar-refractivity contribution in [2.75, 3.05) is 35.4 Å². The molecular formula is C21H22N6O6. The third-order valence-corrected chi connectivity index (χ3v) is 6.09. The van der Waals surface area contributed by atoms with Crippen LogP contribution in [0.3, 0.4) is 0 Å². The number of ether oxygens (including phenoxy) is 2. The number of primary amides is 1. The quantitative estimate of drug-likeness (QED) is 0.499. The molecule has 1 aromatic carbocycles. The maximum Gasteiger partial charge on any atom is 0.258 e. The van der Waals surface area contributed by atoms with E-state index in [2.05, 4.69) is 20.6 Å². The van der Waals surface area contributed by atoms with Gasteiger partial charge in [-0.2, -0.15) is 4.98 Å². The molecule has 3 aliphatic rings. The van der Waals surface area contributed by atoms with Crippen LogP contribution in [-0.2, 0) is 14.4 Å². The first-order valence-electron chi connectivity index (χ1n) is 10.6. The lowest BCUT2D eigenvalue weighted by Crippen LogP contribution is -2.40. The Bertz CT molecular complexity index is 1200. The fraction of sp³-hybridized carbons (Fsp3) is 0.381. The number of nitrogens with zero attached hydrogens (tertiary/aromatic N) is 2. The van der Waals surface area contributed by atoms with Crippen molar-refractivity contribution in [1.82, 2.24) is 9.97 Å². The van der Waals surface area contributed by atoms with Crippen molar-refractivity contribution in [1.29, 1.82) is 0 Å². The molecule has 4 heterocycles. The Morgan fingerprint density at radius 3 is 2.70 bits per heavy atom. The first-order valence-corrected chi connectivity index (χ1v) is 10.6. The van der Waals surface area contributed by atoms with Gasteiger partial charge in [-0.15, -0.1) is 0 Å². The summed E-state index contributed by atoms with van der Waals surface area (Å²) in [5.74, 6) is -0.820. The van der Waals surface area contributed by atoms with E-state index < -0.39 is 23.3 Å². The average Bonchev–Trinajstić information content (AvgIpc) is 3.37. The molecule has 0 aliphatic carbocycles. The number of amides is 3. The molecule has 33 heavy (non-hydrogen) atoms. The number of benzene rings is 1.